The third-order valence-electron chi connectivity index (χ3n) is 2.31. The molecule has 7 heteroatoms. The topological polar surface area (TPSA) is 27.7 Å². The molecule has 0 N–H and O–H groups in total. The normalized spacial score (nSPS) is 12.1. The molecule has 0 atom stereocenters. The maximum Gasteiger partial charge on any atom is 0.483 e. The molecule has 1 rings (SSSR count). The smallest absolute Gasteiger partial charge is 0.379 e. The predicted molar refractivity (Wildman–Crippen MR) is 62.3 cm³/mol. The second kappa shape index (κ2) is 6.88. The van der Waals surface area contributed by atoms with Crippen LogP contribution < -0.4 is 0 Å². The van der Waals surface area contributed by atoms with Gasteiger partial charge in [-0.25, -0.2) is 0 Å². The van der Waals surface area contributed by atoms with Crippen LogP contribution in [0.5, 0.6) is 0 Å². The lowest BCUT2D eigenvalue weighted by molar-refractivity contribution is -0.137. The lowest BCUT2D eigenvalue weighted by Gasteiger charge is -2.11. The summed E-state index contributed by atoms with van der Waals surface area (Å²) in [6, 6.07) is 5.03. The van der Waals surface area contributed by atoms with E-state index in [2.05, 4.69) is 0 Å². The minimum absolute atomic E-state index is 0.365. The van der Waals surface area contributed by atoms with E-state index in [0.717, 1.165) is 17.7 Å². The van der Waals surface area contributed by atoms with Gasteiger partial charge in [0.2, 0.25) is 0 Å². The first-order valence-electron chi connectivity index (χ1n) is 5.30. The molecule has 0 radical (unpaired) electrons. The first kappa shape index (κ1) is 15.2. The number of hydrogen-bond donors (Lipinski definition) is 0. The van der Waals surface area contributed by atoms with Crippen LogP contribution in [0.4, 0.5) is 13.2 Å². The van der Waals surface area contributed by atoms with Gasteiger partial charge in [0.05, 0.1) is 5.56 Å². The molecule has 0 bridgehead atoms. The largest absolute Gasteiger partial charge is 0.483 e. The van der Waals surface area contributed by atoms with Crippen molar-refractivity contribution in [3.63, 3.8) is 0 Å². The number of halogens is 3. The highest BCUT2D eigenvalue weighted by Crippen LogP contribution is 2.29. The van der Waals surface area contributed by atoms with Gasteiger partial charge in [-0.3, -0.25) is 0 Å². The van der Waals surface area contributed by atoms with Crippen LogP contribution in [0.25, 0.3) is 0 Å². The monoisotopic (exact) mass is 280 g/mol. The molecule has 18 heavy (non-hydrogen) atoms. The van der Waals surface area contributed by atoms with Crippen LogP contribution >= 0.6 is 0 Å². The van der Waals surface area contributed by atoms with Crippen molar-refractivity contribution >= 4 is 9.53 Å². The maximum atomic E-state index is 12.3. The lowest BCUT2D eigenvalue weighted by Crippen LogP contribution is -2.24. The molecule has 102 valence electrons. The highest BCUT2D eigenvalue weighted by molar-refractivity contribution is 6.36. The second-order valence-electron chi connectivity index (χ2n) is 3.58. The van der Waals surface area contributed by atoms with Gasteiger partial charge in [0.1, 0.15) is 0 Å². The minimum Gasteiger partial charge on any atom is -0.379 e. The number of rotatable bonds is 6. The molecule has 0 aromatic heterocycles. The summed E-state index contributed by atoms with van der Waals surface area (Å²) in [5, 5.41) is 0. The summed E-state index contributed by atoms with van der Waals surface area (Å²) in [5.41, 5.74) is 0.135. The molecule has 0 saturated carbocycles. The Morgan fingerprint density at radius 3 is 2.06 bits per heavy atom. The third-order valence-corrected chi connectivity index (χ3v) is 3.59. The summed E-state index contributed by atoms with van der Waals surface area (Å²) in [4.78, 5) is 0. The van der Waals surface area contributed by atoms with Crippen LogP contribution in [0, 0.1) is 0 Å². The second-order valence-corrected chi connectivity index (χ2v) is 5.43. The van der Waals surface area contributed by atoms with E-state index in [9.17, 15) is 13.2 Å². The zero-order chi connectivity index (χ0) is 13.6. The van der Waals surface area contributed by atoms with Crippen LogP contribution in [-0.4, -0.2) is 30.4 Å². The molecule has 0 aliphatic carbocycles. The van der Waals surface area contributed by atoms with E-state index in [-0.39, 0.29) is 0 Å². The molecule has 0 amide bonds. The first-order valence-corrected chi connectivity index (χ1v) is 6.72. The Bertz CT molecular complexity index is 350. The molecule has 3 nitrogen and oxygen atoms in total. The molecular weight excluding hydrogens is 265 g/mol. The van der Waals surface area contributed by atoms with Gasteiger partial charge in [-0.05, 0) is 24.1 Å². The molecule has 1 aromatic carbocycles. The van der Waals surface area contributed by atoms with Crippen LogP contribution in [0.3, 0.4) is 0 Å². The molecule has 0 aliphatic rings. The van der Waals surface area contributed by atoms with Gasteiger partial charge in [-0.1, -0.05) is 12.1 Å². The average molecular weight is 280 g/mol. The van der Waals surface area contributed by atoms with Crippen molar-refractivity contribution in [2.75, 3.05) is 20.8 Å². The van der Waals surface area contributed by atoms with Crippen molar-refractivity contribution in [2.24, 2.45) is 0 Å². The fourth-order valence-electron chi connectivity index (χ4n) is 1.37. The fourth-order valence-corrected chi connectivity index (χ4v) is 2.14. The van der Waals surface area contributed by atoms with Crippen molar-refractivity contribution in [3.8, 4) is 0 Å². The standard InChI is InChI=1S/C11H15F3O3Si/c1-15-18(16-2)17-8-7-9-3-5-10(6-4-9)11(12,13)14/h3-6,18H,7-8H2,1-2H3. The lowest BCUT2D eigenvalue weighted by atomic mass is 10.1. The van der Waals surface area contributed by atoms with E-state index in [0.29, 0.717) is 13.0 Å². The Labute approximate surface area is 105 Å². The molecule has 1 aromatic rings. The Hall–Kier alpha value is -0.893. The third kappa shape index (κ3) is 4.77. The van der Waals surface area contributed by atoms with E-state index in [1.165, 1.54) is 26.4 Å². The summed E-state index contributed by atoms with van der Waals surface area (Å²) in [6.45, 7) is 0.365. The van der Waals surface area contributed by atoms with Crippen LogP contribution in [0.15, 0.2) is 24.3 Å². The molecule has 0 spiro atoms. The van der Waals surface area contributed by atoms with Gasteiger partial charge >= 0.3 is 15.7 Å². The average Bonchev–Trinajstić information content (AvgIpc) is 2.34. The quantitative estimate of drug-likeness (QED) is 0.748. The van der Waals surface area contributed by atoms with Crippen LogP contribution in [-0.2, 0) is 25.9 Å². The van der Waals surface area contributed by atoms with Gasteiger partial charge in [-0.2, -0.15) is 13.2 Å². The zero-order valence-electron chi connectivity index (χ0n) is 10.2. The van der Waals surface area contributed by atoms with Crippen molar-refractivity contribution in [2.45, 2.75) is 12.6 Å². The molecule has 0 heterocycles. The molecular formula is C11H15F3O3Si. The Balaban J connectivity index is 2.45. The van der Waals surface area contributed by atoms with Crippen LogP contribution in [0.2, 0.25) is 0 Å². The van der Waals surface area contributed by atoms with Gasteiger partial charge in [-0.15, -0.1) is 0 Å². The Morgan fingerprint density at radius 2 is 1.61 bits per heavy atom. The van der Waals surface area contributed by atoms with Gasteiger partial charge in [0.15, 0.2) is 0 Å². The summed E-state index contributed by atoms with van der Waals surface area (Å²) in [7, 11) is 0.946. The molecule has 0 fully saturated rings. The van der Waals surface area contributed by atoms with Crippen molar-refractivity contribution in [3.05, 3.63) is 35.4 Å². The molecule has 0 aliphatic heterocycles. The summed E-state index contributed by atoms with van der Waals surface area (Å²) >= 11 is 0. The van der Waals surface area contributed by atoms with Crippen molar-refractivity contribution in [1.29, 1.82) is 0 Å². The summed E-state index contributed by atoms with van der Waals surface area (Å²) < 4.78 is 52.2. The number of benzene rings is 1. The SMILES string of the molecule is CO[SiH](OC)OCCc1ccc(C(F)(F)F)cc1. The van der Waals surface area contributed by atoms with Gasteiger partial charge < -0.3 is 13.3 Å². The fraction of sp³-hybridized carbons (Fsp3) is 0.455. The van der Waals surface area contributed by atoms with E-state index in [4.69, 9.17) is 13.3 Å². The van der Waals surface area contributed by atoms with E-state index in [1.807, 2.05) is 0 Å². The van der Waals surface area contributed by atoms with Crippen LogP contribution in [0.1, 0.15) is 11.1 Å². The van der Waals surface area contributed by atoms with E-state index in [1.54, 1.807) is 0 Å². The van der Waals surface area contributed by atoms with E-state index < -0.39 is 21.3 Å². The Morgan fingerprint density at radius 1 is 1.06 bits per heavy atom. The molecule has 0 saturated heterocycles. The molecule has 0 unspecified atom stereocenters. The number of hydrogen-bond acceptors (Lipinski definition) is 3. The predicted octanol–water partition coefficient (Wildman–Crippen LogP) is 2.27. The maximum absolute atomic E-state index is 12.3. The Kier molecular flexibility index (Phi) is 5.80. The van der Waals surface area contributed by atoms with Crippen molar-refractivity contribution < 1.29 is 26.4 Å². The zero-order valence-corrected chi connectivity index (χ0v) is 11.3. The van der Waals surface area contributed by atoms with Gasteiger partial charge in [0.25, 0.3) is 0 Å². The van der Waals surface area contributed by atoms with E-state index >= 15 is 0 Å². The minimum atomic E-state index is -4.29. The van der Waals surface area contributed by atoms with Gasteiger partial charge in [0, 0.05) is 20.8 Å². The summed E-state index contributed by atoms with van der Waals surface area (Å²) in [5.74, 6) is 0. The van der Waals surface area contributed by atoms with Crippen molar-refractivity contribution in [1.82, 2.24) is 0 Å². The highest BCUT2D eigenvalue weighted by Gasteiger charge is 2.29. The first-order chi connectivity index (χ1) is 8.47. The number of alkyl halides is 3. The highest BCUT2D eigenvalue weighted by atomic mass is 28.3. The summed E-state index contributed by atoms with van der Waals surface area (Å²) in [6.07, 6.45) is -3.77.